The second-order valence-corrected chi connectivity index (χ2v) is 12.3. The molecule has 1 aliphatic heterocycles. The minimum absolute atomic E-state index is 0.00479. The summed E-state index contributed by atoms with van der Waals surface area (Å²) in [4.78, 5) is 34.5. The Balaban J connectivity index is 1.35. The van der Waals surface area contributed by atoms with Crippen molar-refractivity contribution in [3.8, 4) is 28.3 Å². The number of anilines is 2. The molecule has 2 aromatic carbocycles. The van der Waals surface area contributed by atoms with Gasteiger partial charge in [-0.25, -0.2) is 23.5 Å². The Morgan fingerprint density at radius 2 is 1.73 bits per heavy atom. The highest BCUT2D eigenvalue weighted by molar-refractivity contribution is 6.39. The van der Waals surface area contributed by atoms with Crippen LogP contribution in [0.1, 0.15) is 24.1 Å². The maximum Gasteiger partial charge on any atom is 0.330 e. The number of nitrogens with one attached hydrogen (secondary N) is 2. The van der Waals surface area contributed by atoms with Gasteiger partial charge in [-0.15, -0.1) is 0 Å². The highest BCUT2D eigenvalue weighted by atomic mass is 35.5. The Bertz CT molecular complexity index is 2180. The van der Waals surface area contributed by atoms with Crippen molar-refractivity contribution in [2.24, 2.45) is 14.1 Å². The lowest BCUT2D eigenvalue weighted by molar-refractivity contribution is -0.0281. The van der Waals surface area contributed by atoms with Crippen molar-refractivity contribution in [1.82, 2.24) is 24.4 Å². The van der Waals surface area contributed by atoms with Gasteiger partial charge in [-0.05, 0) is 24.6 Å². The van der Waals surface area contributed by atoms with Gasteiger partial charge in [0.1, 0.15) is 16.9 Å². The van der Waals surface area contributed by atoms with E-state index in [0.29, 0.717) is 52.9 Å². The molecule has 0 amide bonds. The molecule has 5 aromatic rings. The maximum absolute atomic E-state index is 13.9. The number of rotatable bonds is 9. The smallest absolute Gasteiger partial charge is 0.330 e. The first kappa shape index (κ1) is 34.5. The number of nitrogens with zero attached hydrogens (tertiary/aromatic N) is 4. The van der Waals surface area contributed by atoms with Gasteiger partial charge in [0.05, 0.1) is 46.8 Å². The monoisotopic (exact) mass is 712 g/mol. The Morgan fingerprint density at radius 3 is 2.45 bits per heavy atom. The van der Waals surface area contributed by atoms with Crippen LogP contribution in [0.2, 0.25) is 10.0 Å². The molecule has 3 N–H and O–H groups in total. The van der Waals surface area contributed by atoms with Gasteiger partial charge >= 0.3 is 5.69 Å². The van der Waals surface area contributed by atoms with Crippen LogP contribution in [0, 0.1) is 0 Å². The SMILES string of the molecule is COc1nc(-c2cccc(-c3cccc(Nc4nc(C(F)F)cc5c4c(=O)n(C)c(=O)n5C)c3Cl)c2Cl)ccc1CN[C@@H]1CCOC[C@H]1O. The molecule has 0 radical (unpaired) electrons. The number of hydrogen-bond donors (Lipinski definition) is 3. The molecule has 0 spiro atoms. The fourth-order valence-corrected chi connectivity index (χ4v) is 6.45. The Labute approximate surface area is 289 Å². The molecule has 49 heavy (non-hydrogen) atoms. The first-order chi connectivity index (χ1) is 23.5. The summed E-state index contributed by atoms with van der Waals surface area (Å²) < 4.78 is 40.7. The Morgan fingerprint density at radius 1 is 1.02 bits per heavy atom. The molecule has 2 atom stereocenters. The third kappa shape index (κ3) is 6.64. The summed E-state index contributed by atoms with van der Waals surface area (Å²) in [5.74, 6) is 0.215. The van der Waals surface area contributed by atoms with Crippen LogP contribution >= 0.6 is 23.2 Å². The molecule has 3 aromatic heterocycles. The molecule has 0 bridgehead atoms. The molecule has 1 aliphatic rings. The predicted molar refractivity (Wildman–Crippen MR) is 184 cm³/mol. The van der Waals surface area contributed by atoms with Crippen molar-refractivity contribution in [2.45, 2.75) is 31.5 Å². The van der Waals surface area contributed by atoms with Crippen LogP contribution in [0.25, 0.3) is 33.3 Å². The fraction of sp³-hybridized carbons (Fsp3) is 0.294. The molecular weight excluding hydrogens is 681 g/mol. The molecule has 6 rings (SSSR count). The van der Waals surface area contributed by atoms with Crippen molar-refractivity contribution in [3.63, 3.8) is 0 Å². The Hall–Kier alpha value is -4.40. The van der Waals surface area contributed by atoms with E-state index in [1.807, 2.05) is 18.2 Å². The molecule has 0 unspecified atom stereocenters. The summed E-state index contributed by atoms with van der Waals surface area (Å²) in [6.45, 7) is 1.28. The summed E-state index contributed by atoms with van der Waals surface area (Å²) in [5, 5.41) is 17.0. The van der Waals surface area contributed by atoms with Gasteiger partial charge in [0.15, 0.2) is 0 Å². The number of aromatic nitrogens is 4. The van der Waals surface area contributed by atoms with Gasteiger partial charge in [-0.3, -0.25) is 13.9 Å². The molecule has 256 valence electrons. The predicted octanol–water partition coefficient (Wildman–Crippen LogP) is 5.60. The van der Waals surface area contributed by atoms with Crippen LogP contribution in [0.4, 0.5) is 20.3 Å². The third-order valence-corrected chi connectivity index (χ3v) is 9.34. The van der Waals surface area contributed by atoms with Crippen molar-refractivity contribution in [3.05, 3.63) is 96.7 Å². The second-order valence-electron chi connectivity index (χ2n) is 11.5. The van der Waals surface area contributed by atoms with Crippen molar-refractivity contribution in [2.75, 3.05) is 25.6 Å². The number of hydrogen-bond acceptors (Lipinski definition) is 9. The molecule has 4 heterocycles. The van der Waals surface area contributed by atoms with Gasteiger partial charge in [-0.2, -0.15) is 0 Å². The zero-order valence-electron chi connectivity index (χ0n) is 26.6. The standard InChI is InChI=1S/C34H32Cl2F2N6O5/c1-43-25-14-24(30(37)38)41-31(27(25)33(46)44(2)34(43)47)40-23-9-5-7-19(29(23)36)18-6-4-8-20(28(18)35)21-11-10-17(32(42-21)48-3)15-39-22-12-13-49-16-26(22)45/h4-11,14,22,26,30,39,45H,12-13,15-16H2,1-3H3,(H,40,41)/t22-,26-/m1/s1. The highest BCUT2D eigenvalue weighted by Crippen LogP contribution is 2.42. The van der Waals surface area contributed by atoms with Crippen LogP contribution in [0.15, 0.2) is 64.2 Å². The molecule has 1 saturated heterocycles. The quantitative estimate of drug-likeness (QED) is 0.179. The van der Waals surface area contributed by atoms with Crippen molar-refractivity contribution < 1.29 is 23.4 Å². The van der Waals surface area contributed by atoms with Crippen LogP contribution in [-0.4, -0.2) is 56.7 Å². The largest absolute Gasteiger partial charge is 0.481 e. The summed E-state index contributed by atoms with van der Waals surface area (Å²) >= 11 is 13.9. The van der Waals surface area contributed by atoms with Gasteiger partial charge < -0.3 is 25.2 Å². The van der Waals surface area contributed by atoms with E-state index in [1.54, 1.807) is 30.3 Å². The van der Waals surface area contributed by atoms with Gasteiger partial charge in [-0.1, -0.05) is 59.6 Å². The fourth-order valence-electron chi connectivity index (χ4n) is 5.85. The number of fused-ring (bicyclic) bond motifs is 1. The number of aliphatic hydroxyl groups is 1. The first-order valence-corrected chi connectivity index (χ1v) is 16.0. The number of pyridine rings is 2. The molecule has 11 nitrogen and oxygen atoms in total. The lowest BCUT2D eigenvalue weighted by Crippen LogP contribution is -2.46. The number of methoxy groups -OCH3 is 1. The minimum atomic E-state index is -2.97. The van der Waals surface area contributed by atoms with Crippen LogP contribution in [0.5, 0.6) is 5.88 Å². The summed E-state index contributed by atoms with van der Waals surface area (Å²) in [6, 6.07) is 15.1. The summed E-state index contributed by atoms with van der Waals surface area (Å²) in [5.41, 5.74) is 1.29. The number of halogens is 4. The first-order valence-electron chi connectivity index (χ1n) is 15.3. The van der Waals surface area contributed by atoms with E-state index < -0.39 is 29.5 Å². The average molecular weight is 714 g/mol. The number of benzene rings is 2. The van der Waals surface area contributed by atoms with E-state index >= 15 is 0 Å². The molecule has 15 heteroatoms. The topological polar surface area (TPSA) is 133 Å². The van der Waals surface area contributed by atoms with Crippen LogP contribution < -0.4 is 26.6 Å². The van der Waals surface area contributed by atoms with E-state index in [2.05, 4.69) is 15.6 Å². The van der Waals surface area contributed by atoms with Gasteiger partial charge in [0, 0.05) is 55.5 Å². The van der Waals surface area contributed by atoms with Crippen molar-refractivity contribution >= 4 is 45.6 Å². The zero-order chi connectivity index (χ0) is 35.0. The molecular formula is C34H32Cl2F2N6O5. The van der Waals surface area contributed by atoms with Crippen LogP contribution in [-0.2, 0) is 25.4 Å². The number of aryl methyl sites for hydroxylation is 1. The Kier molecular flexibility index (Phi) is 10.00. The number of aliphatic hydroxyl groups excluding tert-OH is 1. The highest BCUT2D eigenvalue weighted by Gasteiger charge is 2.24. The summed E-state index contributed by atoms with van der Waals surface area (Å²) in [7, 11) is 4.21. The lowest BCUT2D eigenvalue weighted by Gasteiger charge is -2.28. The average Bonchev–Trinajstić information content (AvgIpc) is 3.10. The number of alkyl halides is 2. The molecule has 1 fully saturated rings. The van der Waals surface area contributed by atoms with Crippen LogP contribution in [0.3, 0.4) is 0 Å². The van der Waals surface area contributed by atoms with Gasteiger partial charge in [0.2, 0.25) is 5.88 Å². The van der Waals surface area contributed by atoms with E-state index in [1.165, 1.54) is 21.2 Å². The van der Waals surface area contributed by atoms with E-state index in [4.69, 9.17) is 37.7 Å². The van der Waals surface area contributed by atoms with Gasteiger partial charge in [0.25, 0.3) is 12.0 Å². The normalized spacial score (nSPS) is 16.3. The lowest BCUT2D eigenvalue weighted by atomic mass is 10.00. The minimum Gasteiger partial charge on any atom is -0.481 e. The maximum atomic E-state index is 13.9. The molecule has 0 aliphatic carbocycles. The number of ether oxygens (including phenoxy) is 2. The third-order valence-electron chi connectivity index (χ3n) is 8.53. The van der Waals surface area contributed by atoms with E-state index in [-0.39, 0.29) is 40.1 Å². The molecule has 0 saturated carbocycles. The van der Waals surface area contributed by atoms with Crippen molar-refractivity contribution in [1.29, 1.82) is 0 Å². The summed E-state index contributed by atoms with van der Waals surface area (Å²) in [6.07, 6.45) is -2.88. The van der Waals surface area contributed by atoms with E-state index in [0.717, 1.165) is 20.8 Å². The second kappa shape index (κ2) is 14.2. The van der Waals surface area contributed by atoms with E-state index in [9.17, 15) is 23.5 Å². The zero-order valence-corrected chi connectivity index (χ0v) is 28.1.